The number of benzene rings is 1. The Morgan fingerprint density at radius 1 is 1.24 bits per heavy atom. The summed E-state index contributed by atoms with van der Waals surface area (Å²) in [4.78, 5) is 2.18. The highest BCUT2D eigenvalue weighted by molar-refractivity contribution is 5.48. The Bertz CT molecular complexity index is 359. The van der Waals surface area contributed by atoms with Crippen molar-refractivity contribution in [3.05, 3.63) is 30.1 Å². The largest absolute Gasteiger partial charge is 0.366 e. The number of halogens is 1. The molecule has 0 radical (unpaired) electrons. The van der Waals surface area contributed by atoms with E-state index in [-0.39, 0.29) is 5.82 Å². The predicted octanol–water partition coefficient (Wildman–Crippen LogP) is 2.92. The minimum atomic E-state index is -0.121. The standard InChI is InChI=1S/C14H21FN2/c1-2-17(12-9-7-11(16)8-10-12)14-6-4-3-5-13(14)15/h3-6,11-12H,2,7-10,16H2,1H3. The molecule has 1 aromatic carbocycles. The molecule has 0 spiro atoms. The van der Waals surface area contributed by atoms with Gasteiger partial charge in [-0.3, -0.25) is 0 Å². The monoisotopic (exact) mass is 236 g/mol. The van der Waals surface area contributed by atoms with Crippen LogP contribution in [-0.4, -0.2) is 18.6 Å². The Morgan fingerprint density at radius 2 is 1.88 bits per heavy atom. The van der Waals surface area contributed by atoms with Crippen molar-refractivity contribution in [1.82, 2.24) is 0 Å². The van der Waals surface area contributed by atoms with Gasteiger partial charge in [0.25, 0.3) is 0 Å². The summed E-state index contributed by atoms with van der Waals surface area (Å²) < 4.78 is 13.8. The predicted molar refractivity (Wildman–Crippen MR) is 69.7 cm³/mol. The molecule has 17 heavy (non-hydrogen) atoms. The van der Waals surface area contributed by atoms with E-state index in [9.17, 15) is 4.39 Å². The lowest BCUT2D eigenvalue weighted by molar-refractivity contribution is 0.376. The Labute approximate surface area is 103 Å². The maximum Gasteiger partial charge on any atom is 0.146 e. The number of hydrogen-bond acceptors (Lipinski definition) is 2. The molecule has 1 fully saturated rings. The van der Waals surface area contributed by atoms with E-state index in [1.807, 2.05) is 12.1 Å². The normalized spacial score (nSPS) is 24.6. The first-order valence-electron chi connectivity index (χ1n) is 6.49. The molecule has 0 atom stereocenters. The molecular formula is C14H21FN2. The highest BCUT2D eigenvalue weighted by Crippen LogP contribution is 2.28. The SMILES string of the molecule is CCN(c1ccccc1F)C1CCC(N)CC1. The third kappa shape index (κ3) is 2.78. The molecule has 0 unspecified atom stereocenters. The summed E-state index contributed by atoms with van der Waals surface area (Å²) in [7, 11) is 0. The Balaban J connectivity index is 2.14. The average molecular weight is 236 g/mol. The third-order valence-electron chi connectivity index (χ3n) is 3.68. The van der Waals surface area contributed by atoms with E-state index in [0.717, 1.165) is 37.9 Å². The van der Waals surface area contributed by atoms with Gasteiger partial charge in [-0.1, -0.05) is 12.1 Å². The molecule has 0 amide bonds. The summed E-state index contributed by atoms with van der Waals surface area (Å²) in [6, 6.07) is 7.82. The van der Waals surface area contributed by atoms with Gasteiger partial charge in [0.15, 0.2) is 0 Å². The number of hydrogen-bond donors (Lipinski definition) is 1. The molecule has 0 aromatic heterocycles. The minimum Gasteiger partial charge on any atom is -0.366 e. The molecule has 1 aromatic rings. The van der Waals surface area contributed by atoms with Gasteiger partial charge in [0.05, 0.1) is 5.69 Å². The van der Waals surface area contributed by atoms with Crippen molar-refractivity contribution in [2.45, 2.75) is 44.7 Å². The second kappa shape index (κ2) is 5.50. The second-order valence-corrected chi connectivity index (χ2v) is 4.81. The van der Waals surface area contributed by atoms with Crippen molar-refractivity contribution < 1.29 is 4.39 Å². The molecule has 2 nitrogen and oxygen atoms in total. The Hall–Kier alpha value is -1.09. The topological polar surface area (TPSA) is 29.3 Å². The van der Waals surface area contributed by atoms with Crippen LogP contribution >= 0.6 is 0 Å². The number of anilines is 1. The van der Waals surface area contributed by atoms with Crippen LogP contribution in [0.25, 0.3) is 0 Å². The van der Waals surface area contributed by atoms with E-state index in [1.54, 1.807) is 6.07 Å². The number of nitrogens with two attached hydrogens (primary N) is 1. The molecule has 0 saturated heterocycles. The van der Waals surface area contributed by atoms with Crippen LogP contribution < -0.4 is 10.6 Å². The van der Waals surface area contributed by atoms with Crippen molar-refractivity contribution in [2.75, 3.05) is 11.4 Å². The fourth-order valence-corrected chi connectivity index (χ4v) is 2.72. The molecule has 94 valence electrons. The highest BCUT2D eigenvalue weighted by atomic mass is 19.1. The van der Waals surface area contributed by atoms with Gasteiger partial charge in [-0.25, -0.2) is 4.39 Å². The quantitative estimate of drug-likeness (QED) is 0.874. The first kappa shape index (κ1) is 12.4. The molecule has 0 aliphatic heterocycles. The maximum absolute atomic E-state index is 13.8. The van der Waals surface area contributed by atoms with Crippen LogP contribution in [0.5, 0.6) is 0 Å². The minimum absolute atomic E-state index is 0.121. The van der Waals surface area contributed by atoms with Gasteiger partial charge in [-0.2, -0.15) is 0 Å². The van der Waals surface area contributed by atoms with E-state index in [2.05, 4.69) is 11.8 Å². The van der Waals surface area contributed by atoms with Crippen molar-refractivity contribution in [3.8, 4) is 0 Å². The fourth-order valence-electron chi connectivity index (χ4n) is 2.72. The summed E-state index contributed by atoms with van der Waals surface area (Å²) in [6.45, 7) is 2.93. The van der Waals surface area contributed by atoms with Gasteiger partial charge in [-0.05, 0) is 44.7 Å². The summed E-state index contributed by atoms with van der Waals surface area (Å²) in [5.41, 5.74) is 6.65. The summed E-state index contributed by atoms with van der Waals surface area (Å²) in [5, 5.41) is 0. The molecule has 0 bridgehead atoms. The van der Waals surface area contributed by atoms with Gasteiger partial charge in [0.1, 0.15) is 5.82 Å². The van der Waals surface area contributed by atoms with Crippen LogP contribution in [0.15, 0.2) is 24.3 Å². The van der Waals surface area contributed by atoms with Crippen molar-refractivity contribution in [2.24, 2.45) is 5.73 Å². The van der Waals surface area contributed by atoms with E-state index >= 15 is 0 Å². The number of rotatable bonds is 3. The van der Waals surface area contributed by atoms with E-state index in [4.69, 9.17) is 5.73 Å². The van der Waals surface area contributed by atoms with Gasteiger partial charge in [-0.15, -0.1) is 0 Å². The zero-order valence-electron chi connectivity index (χ0n) is 10.4. The van der Waals surface area contributed by atoms with Crippen molar-refractivity contribution in [1.29, 1.82) is 0 Å². The molecule has 2 N–H and O–H groups in total. The zero-order valence-corrected chi connectivity index (χ0v) is 10.4. The molecule has 1 aliphatic rings. The van der Waals surface area contributed by atoms with Crippen molar-refractivity contribution >= 4 is 5.69 Å². The van der Waals surface area contributed by atoms with Crippen LogP contribution in [0.4, 0.5) is 10.1 Å². The van der Waals surface area contributed by atoms with Crippen molar-refractivity contribution in [3.63, 3.8) is 0 Å². The molecule has 1 saturated carbocycles. The van der Waals surface area contributed by atoms with Crippen LogP contribution in [0.2, 0.25) is 0 Å². The first-order valence-corrected chi connectivity index (χ1v) is 6.49. The molecular weight excluding hydrogens is 215 g/mol. The maximum atomic E-state index is 13.8. The van der Waals surface area contributed by atoms with Crippen LogP contribution in [0.3, 0.4) is 0 Å². The lowest BCUT2D eigenvalue weighted by Gasteiger charge is -2.37. The van der Waals surface area contributed by atoms with Crippen LogP contribution in [0, 0.1) is 5.82 Å². The smallest absolute Gasteiger partial charge is 0.146 e. The molecule has 2 rings (SSSR count). The average Bonchev–Trinajstić information content (AvgIpc) is 2.35. The summed E-state index contributed by atoms with van der Waals surface area (Å²) in [5.74, 6) is -0.121. The van der Waals surface area contributed by atoms with Gasteiger partial charge >= 0.3 is 0 Å². The lowest BCUT2D eigenvalue weighted by atomic mass is 9.90. The summed E-state index contributed by atoms with van der Waals surface area (Å²) >= 11 is 0. The zero-order chi connectivity index (χ0) is 12.3. The molecule has 3 heteroatoms. The highest BCUT2D eigenvalue weighted by Gasteiger charge is 2.24. The van der Waals surface area contributed by atoms with E-state index in [0.29, 0.717) is 12.1 Å². The van der Waals surface area contributed by atoms with Gasteiger partial charge < -0.3 is 10.6 Å². The Morgan fingerprint density at radius 3 is 2.47 bits per heavy atom. The third-order valence-corrected chi connectivity index (χ3v) is 3.68. The summed E-state index contributed by atoms with van der Waals surface area (Å²) in [6.07, 6.45) is 4.25. The molecule has 0 heterocycles. The van der Waals surface area contributed by atoms with Gasteiger partial charge in [0, 0.05) is 18.6 Å². The van der Waals surface area contributed by atoms with E-state index in [1.165, 1.54) is 6.07 Å². The second-order valence-electron chi connectivity index (χ2n) is 4.81. The van der Waals surface area contributed by atoms with Crippen LogP contribution in [0.1, 0.15) is 32.6 Å². The fraction of sp³-hybridized carbons (Fsp3) is 0.571. The number of nitrogens with zero attached hydrogens (tertiary/aromatic N) is 1. The number of para-hydroxylation sites is 1. The molecule has 1 aliphatic carbocycles. The lowest BCUT2D eigenvalue weighted by Crippen LogP contribution is -2.41. The van der Waals surface area contributed by atoms with E-state index < -0.39 is 0 Å². The first-order chi connectivity index (χ1) is 8.22. The van der Waals surface area contributed by atoms with Gasteiger partial charge in [0.2, 0.25) is 0 Å². The van der Waals surface area contributed by atoms with Crippen LogP contribution in [-0.2, 0) is 0 Å². The Kier molecular flexibility index (Phi) is 4.00.